The molecule has 0 radical (unpaired) electrons. The molecule has 4 N–H and O–H groups in total. The van der Waals surface area contributed by atoms with E-state index >= 15 is 0 Å². The molecule has 1 aliphatic heterocycles. The first-order valence-corrected chi connectivity index (χ1v) is 4.87. The number of amides is 1. The van der Waals surface area contributed by atoms with Gasteiger partial charge in [-0.3, -0.25) is 4.79 Å². The van der Waals surface area contributed by atoms with Gasteiger partial charge in [0.25, 0.3) is 0 Å². The number of aliphatic hydroxyl groups excluding tert-OH is 3. The molecule has 88 valence electrons. The van der Waals surface area contributed by atoms with Crippen LogP contribution in [-0.2, 0) is 9.53 Å². The van der Waals surface area contributed by atoms with Crippen LogP contribution in [0, 0.1) is 0 Å². The minimum atomic E-state index is -1.19. The van der Waals surface area contributed by atoms with Crippen LogP contribution in [0.5, 0.6) is 0 Å². The van der Waals surface area contributed by atoms with Crippen molar-refractivity contribution in [3.05, 3.63) is 0 Å². The third kappa shape index (κ3) is 2.66. The molecule has 0 aromatic rings. The molecule has 2 unspecified atom stereocenters. The van der Waals surface area contributed by atoms with E-state index in [0.29, 0.717) is 0 Å². The Hall–Kier alpha value is -0.690. The van der Waals surface area contributed by atoms with Gasteiger partial charge in [0.15, 0.2) is 0 Å². The minimum absolute atomic E-state index is 0.302. The van der Waals surface area contributed by atoms with Gasteiger partial charge in [0, 0.05) is 6.92 Å². The zero-order valence-electron chi connectivity index (χ0n) is 8.75. The molecule has 1 fully saturated rings. The average molecular weight is 219 g/mol. The predicted octanol–water partition coefficient (Wildman–Crippen LogP) is -2.01. The zero-order chi connectivity index (χ0) is 11.6. The van der Waals surface area contributed by atoms with Crippen LogP contribution >= 0.6 is 0 Å². The van der Waals surface area contributed by atoms with Crippen LogP contribution in [0.15, 0.2) is 0 Å². The topological polar surface area (TPSA) is 99.0 Å². The molecule has 0 aliphatic carbocycles. The summed E-state index contributed by atoms with van der Waals surface area (Å²) in [4.78, 5) is 10.9. The summed E-state index contributed by atoms with van der Waals surface area (Å²) in [6.45, 7) is 2.62. The van der Waals surface area contributed by atoms with Gasteiger partial charge in [-0.2, -0.15) is 0 Å². The summed E-state index contributed by atoms with van der Waals surface area (Å²) in [5.41, 5.74) is 0. The summed E-state index contributed by atoms with van der Waals surface area (Å²) in [6, 6.07) is -0.653. The van der Waals surface area contributed by atoms with Crippen LogP contribution < -0.4 is 5.32 Å². The van der Waals surface area contributed by atoms with Crippen LogP contribution in [-0.4, -0.2) is 58.3 Å². The number of aliphatic hydroxyl groups is 3. The highest BCUT2D eigenvalue weighted by Gasteiger charge is 2.42. The highest BCUT2D eigenvalue weighted by atomic mass is 16.5. The summed E-state index contributed by atoms with van der Waals surface area (Å²) < 4.78 is 5.26. The lowest BCUT2D eigenvalue weighted by atomic mass is 9.93. The van der Waals surface area contributed by atoms with Gasteiger partial charge in [-0.15, -0.1) is 0 Å². The minimum Gasteiger partial charge on any atom is -0.394 e. The Kier molecular flexibility index (Phi) is 4.04. The molecule has 0 aromatic carbocycles. The zero-order valence-corrected chi connectivity index (χ0v) is 8.75. The fraction of sp³-hybridized carbons (Fsp3) is 0.889. The Bertz CT molecular complexity index is 235. The van der Waals surface area contributed by atoms with Gasteiger partial charge in [-0.05, 0) is 6.92 Å². The molecule has 1 aliphatic rings. The quantitative estimate of drug-likeness (QED) is 0.430. The number of rotatable bonds is 2. The maximum absolute atomic E-state index is 10.9. The molecule has 0 aromatic heterocycles. The number of nitrogens with one attached hydrogen (secondary N) is 1. The highest BCUT2D eigenvalue weighted by molar-refractivity contribution is 5.73. The fourth-order valence-corrected chi connectivity index (χ4v) is 1.74. The van der Waals surface area contributed by atoms with Gasteiger partial charge in [0.05, 0.1) is 18.8 Å². The van der Waals surface area contributed by atoms with E-state index in [0.717, 1.165) is 0 Å². The number of carbonyl (C=O) groups excluding carboxylic acids is 1. The summed E-state index contributed by atoms with van der Waals surface area (Å²) in [5, 5.41) is 30.6. The molecule has 5 atom stereocenters. The van der Waals surface area contributed by atoms with E-state index in [-0.39, 0.29) is 12.5 Å². The van der Waals surface area contributed by atoms with Crippen molar-refractivity contribution in [2.24, 2.45) is 0 Å². The Morgan fingerprint density at radius 3 is 2.47 bits per heavy atom. The molecule has 1 saturated heterocycles. The highest BCUT2D eigenvalue weighted by Crippen LogP contribution is 2.20. The summed E-state index contributed by atoms with van der Waals surface area (Å²) in [5.74, 6) is -0.302. The van der Waals surface area contributed by atoms with Gasteiger partial charge in [0.2, 0.25) is 5.91 Å². The lowest BCUT2D eigenvalue weighted by molar-refractivity contribution is -0.190. The van der Waals surface area contributed by atoms with E-state index in [2.05, 4.69) is 5.32 Å². The Morgan fingerprint density at radius 1 is 1.40 bits per heavy atom. The lowest BCUT2D eigenvalue weighted by Gasteiger charge is -2.41. The van der Waals surface area contributed by atoms with Crippen molar-refractivity contribution < 1.29 is 24.9 Å². The van der Waals surface area contributed by atoms with E-state index in [1.807, 2.05) is 0 Å². The first-order chi connectivity index (χ1) is 6.97. The van der Waals surface area contributed by atoms with E-state index in [9.17, 15) is 15.0 Å². The molecule has 6 heteroatoms. The third-order valence-electron chi connectivity index (χ3n) is 2.54. The maximum Gasteiger partial charge on any atom is 0.217 e. The molecule has 1 rings (SSSR count). The number of hydrogen-bond acceptors (Lipinski definition) is 5. The first kappa shape index (κ1) is 12.4. The molecule has 0 saturated carbocycles. The van der Waals surface area contributed by atoms with Gasteiger partial charge >= 0.3 is 0 Å². The van der Waals surface area contributed by atoms with Crippen LogP contribution in [0.2, 0.25) is 0 Å². The molecule has 0 bridgehead atoms. The lowest BCUT2D eigenvalue weighted by Crippen LogP contribution is -2.63. The number of carbonyl (C=O) groups is 1. The predicted molar refractivity (Wildman–Crippen MR) is 51.0 cm³/mol. The molecule has 6 nitrogen and oxygen atoms in total. The van der Waals surface area contributed by atoms with Gasteiger partial charge in [0.1, 0.15) is 18.3 Å². The van der Waals surface area contributed by atoms with Gasteiger partial charge < -0.3 is 25.4 Å². The Labute approximate surface area is 87.9 Å². The average Bonchev–Trinajstić information content (AvgIpc) is 2.18. The van der Waals surface area contributed by atoms with Crippen molar-refractivity contribution in [2.75, 3.05) is 6.61 Å². The second-order valence-corrected chi connectivity index (χ2v) is 3.77. The van der Waals surface area contributed by atoms with Crippen LogP contribution in [0.1, 0.15) is 13.8 Å². The summed E-state index contributed by atoms with van der Waals surface area (Å²) in [6.07, 6.45) is -3.58. The standard InChI is InChI=1S/C9H17NO5/c1-4-7(10-5(2)12)9(14)8(13)6(3-11)15-4/h4,6-9,11,13-14H,3H2,1-2H3,(H,10,12)/t4-,6?,7?,8-,9+/m0/s1. The molecule has 1 amide bonds. The van der Waals surface area contributed by atoms with Crippen LogP contribution in [0.3, 0.4) is 0 Å². The number of hydrogen-bond donors (Lipinski definition) is 4. The summed E-state index contributed by atoms with van der Waals surface area (Å²) in [7, 11) is 0. The second-order valence-electron chi connectivity index (χ2n) is 3.77. The summed E-state index contributed by atoms with van der Waals surface area (Å²) >= 11 is 0. The SMILES string of the molecule is CC(=O)NC1[C@H](C)OC(CO)[C@H](O)[C@@H]1O. The van der Waals surface area contributed by atoms with Crippen molar-refractivity contribution in [1.82, 2.24) is 5.32 Å². The van der Waals surface area contributed by atoms with E-state index in [1.54, 1.807) is 6.92 Å². The van der Waals surface area contributed by atoms with Crippen molar-refractivity contribution in [1.29, 1.82) is 0 Å². The van der Waals surface area contributed by atoms with E-state index < -0.39 is 30.5 Å². The molecular formula is C9H17NO5. The normalized spacial score (nSPS) is 41.3. The van der Waals surface area contributed by atoms with E-state index in [4.69, 9.17) is 9.84 Å². The second kappa shape index (κ2) is 4.89. The molecule has 0 spiro atoms. The Balaban J connectivity index is 2.70. The molecule has 15 heavy (non-hydrogen) atoms. The monoisotopic (exact) mass is 219 g/mol. The smallest absolute Gasteiger partial charge is 0.217 e. The van der Waals surface area contributed by atoms with Crippen LogP contribution in [0.4, 0.5) is 0 Å². The largest absolute Gasteiger partial charge is 0.394 e. The molecule has 1 heterocycles. The van der Waals surface area contributed by atoms with Crippen molar-refractivity contribution in [2.45, 2.75) is 44.3 Å². The van der Waals surface area contributed by atoms with Crippen molar-refractivity contribution in [3.8, 4) is 0 Å². The maximum atomic E-state index is 10.9. The first-order valence-electron chi connectivity index (χ1n) is 4.87. The van der Waals surface area contributed by atoms with Crippen molar-refractivity contribution in [3.63, 3.8) is 0 Å². The third-order valence-corrected chi connectivity index (χ3v) is 2.54. The van der Waals surface area contributed by atoms with Gasteiger partial charge in [-0.25, -0.2) is 0 Å². The fourth-order valence-electron chi connectivity index (χ4n) is 1.74. The molecular weight excluding hydrogens is 202 g/mol. The van der Waals surface area contributed by atoms with Crippen LogP contribution in [0.25, 0.3) is 0 Å². The number of ether oxygens (including phenoxy) is 1. The van der Waals surface area contributed by atoms with Gasteiger partial charge in [-0.1, -0.05) is 0 Å². The van der Waals surface area contributed by atoms with Crippen molar-refractivity contribution >= 4 is 5.91 Å². The Morgan fingerprint density at radius 2 is 2.00 bits per heavy atom. The van der Waals surface area contributed by atoms with E-state index in [1.165, 1.54) is 6.92 Å².